The molecule has 2 heterocycles. The summed E-state index contributed by atoms with van der Waals surface area (Å²) in [5.74, 6) is -0.214. The Morgan fingerprint density at radius 3 is 2.29 bits per heavy atom. The van der Waals surface area contributed by atoms with Crippen molar-refractivity contribution >= 4 is 24.5 Å². The number of halogens is 1. The Morgan fingerprint density at radius 2 is 1.66 bits per heavy atom. The zero-order chi connectivity index (χ0) is 26.8. The molecule has 0 N–H and O–H groups in total. The van der Waals surface area contributed by atoms with Gasteiger partial charge in [0.15, 0.2) is 0 Å². The average molecular weight is 625 g/mol. The molecule has 0 bridgehead atoms. The molecule has 1 fully saturated rings. The van der Waals surface area contributed by atoms with Gasteiger partial charge in [-0.3, -0.25) is 0 Å². The van der Waals surface area contributed by atoms with Gasteiger partial charge in [-0.25, -0.2) is 4.39 Å². The number of rotatable bonds is 11. The van der Waals surface area contributed by atoms with E-state index in [0.29, 0.717) is 0 Å². The third-order valence-corrected chi connectivity index (χ3v) is 26.0. The van der Waals surface area contributed by atoms with Gasteiger partial charge in [-0.1, -0.05) is 0 Å². The number of nitrogens with zero attached hydrogens (tertiary/aromatic N) is 2. The minimum absolute atomic E-state index is 0.0332. The summed E-state index contributed by atoms with van der Waals surface area (Å²) in [5.41, 5.74) is 4.65. The molecule has 3 aliphatic rings. The first-order valence-corrected chi connectivity index (χ1v) is 22.8. The monoisotopic (exact) mass is 626 g/mol. The van der Waals surface area contributed by atoms with Gasteiger partial charge in [-0.05, 0) is 0 Å². The van der Waals surface area contributed by atoms with Crippen LogP contribution in [0.1, 0.15) is 96.7 Å². The van der Waals surface area contributed by atoms with Crippen LogP contribution in [0.4, 0.5) is 4.39 Å². The molecule has 38 heavy (non-hydrogen) atoms. The van der Waals surface area contributed by atoms with Gasteiger partial charge in [0, 0.05) is 0 Å². The summed E-state index contributed by atoms with van der Waals surface area (Å²) in [6.07, 6.45) is 19.6. The topological polar surface area (TPSA) is 27.1 Å². The Morgan fingerprint density at radius 1 is 1.00 bits per heavy atom. The van der Waals surface area contributed by atoms with Crippen molar-refractivity contribution in [1.29, 1.82) is 0 Å². The average Bonchev–Trinajstić information content (AvgIpc) is 3.54. The number of fused-ring (bicyclic) bond motifs is 3. The van der Waals surface area contributed by atoms with Gasteiger partial charge < -0.3 is 0 Å². The molecule has 1 aromatic carbocycles. The van der Waals surface area contributed by atoms with Crippen LogP contribution in [0.5, 0.6) is 0 Å². The van der Waals surface area contributed by atoms with Crippen molar-refractivity contribution in [2.45, 2.75) is 111 Å². The van der Waals surface area contributed by atoms with E-state index in [-0.39, 0.29) is 16.8 Å². The maximum absolute atomic E-state index is 13.6. The first kappa shape index (κ1) is 28.1. The van der Waals surface area contributed by atoms with Crippen LogP contribution in [0.2, 0.25) is 13.3 Å². The summed E-state index contributed by atoms with van der Waals surface area (Å²) in [4.78, 5) is 0. The van der Waals surface area contributed by atoms with Crippen molar-refractivity contribution in [2.75, 3.05) is 6.61 Å². The predicted molar refractivity (Wildman–Crippen MR) is 159 cm³/mol. The molecule has 206 valence electrons. The van der Waals surface area contributed by atoms with E-state index in [1.165, 1.54) is 81.5 Å². The van der Waals surface area contributed by atoms with Crippen molar-refractivity contribution in [1.82, 2.24) is 9.78 Å². The van der Waals surface area contributed by atoms with Gasteiger partial charge in [0.05, 0.1) is 0 Å². The standard InChI is InChI=1S/C21H20FN2O.3C4H9.Sn/c1-20-13-15-14-23-24(18-7-5-17(22)6-8-18)19(15)12-16(20)4-2-9-21(20)10-3-11-25-21;3*1-3-4-2;/h5-8,10,12,14H,2,4,9,11,13H2,1H3;3*1,3-4H2,2H3;/t20-,21+;;;;/m0..../s1. The van der Waals surface area contributed by atoms with Crippen LogP contribution in [-0.2, 0) is 11.2 Å². The first-order valence-electron chi connectivity index (χ1n) is 15.3. The quantitative estimate of drug-likeness (QED) is 0.233. The molecule has 1 aliphatic heterocycles. The molecule has 1 saturated carbocycles. The molecule has 0 radical (unpaired) electrons. The van der Waals surface area contributed by atoms with E-state index in [9.17, 15) is 4.39 Å². The zero-order valence-corrected chi connectivity index (χ0v) is 27.0. The molecule has 1 spiro atoms. The molecular formula is C33H47FN2OSn. The second-order valence-corrected chi connectivity index (χ2v) is 25.8. The zero-order valence-electron chi connectivity index (χ0n) is 24.1. The summed E-state index contributed by atoms with van der Waals surface area (Å²) >= 11 is -2.52. The van der Waals surface area contributed by atoms with Crippen molar-refractivity contribution in [3.05, 3.63) is 62.8 Å². The van der Waals surface area contributed by atoms with Crippen molar-refractivity contribution in [2.24, 2.45) is 5.41 Å². The fourth-order valence-electron chi connectivity index (χ4n) is 7.62. The van der Waals surface area contributed by atoms with E-state index >= 15 is 0 Å². The predicted octanol–water partition coefficient (Wildman–Crippen LogP) is 9.22. The van der Waals surface area contributed by atoms with Crippen LogP contribution in [0.3, 0.4) is 0 Å². The van der Waals surface area contributed by atoms with E-state index < -0.39 is 18.4 Å². The van der Waals surface area contributed by atoms with Crippen LogP contribution in [0.25, 0.3) is 11.8 Å². The summed E-state index contributed by atoms with van der Waals surface area (Å²) in [7, 11) is 0. The Labute approximate surface area is 233 Å². The molecule has 0 saturated heterocycles. The number of benzene rings is 1. The van der Waals surface area contributed by atoms with E-state index in [1.807, 2.05) is 26.6 Å². The van der Waals surface area contributed by atoms with E-state index in [2.05, 4.69) is 39.8 Å². The van der Waals surface area contributed by atoms with Gasteiger partial charge >= 0.3 is 230 Å². The van der Waals surface area contributed by atoms with Crippen LogP contribution in [0, 0.1) is 11.2 Å². The molecule has 3 nitrogen and oxygen atoms in total. The molecule has 0 amide bonds. The third-order valence-electron chi connectivity index (χ3n) is 10.0. The van der Waals surface area contributed by atoms with E-state index in [1.54, 1.807) is 0 Å². The molecule has 1 aromatic heterocycles. The fraction of sp³-hybridized carbons (Fsp3) is 0.606. The first-order chi connectivity index (χ1) is 18.4. The van der Waals surface area contributed by atoms with Crippen molar-refractivity contribution in [3.8, 4) is 5.69 Å². The number of unbranched alkanes of at least 4 members (excludes halogenated alkanes) is 3. The number of hydrogen-bond donors (Lipinski definition) is 0. The van der Waals surface area contributed by atoms with E-state index in [0.717, 1.165) is 37.3 Å². The number of ether oxygens (including phenoxy) is 1. The van der Waals surface area contributed by atoms with Crippen LogP contribution < -0.4 is 0 Å². The fourth-order valence-corrected chi connectivity index (χ4v) is 23.9. The minimum atomic E-state index is -2.52. The van der Waals surface area contributed by atoms with Gasteiger partial charge in [0.2, 0.25) is 0 Å². The van der Waals surface area contributed by atoms with Crippen molar-refractivity contribution < 1.29 is 9.13 Å². The van der Waals surface area contributed by atoms with Crippen LogP contribution in [-0.4, -0.2) is 40.4 Å². The third kappa shape index (κ3) is 4.98. The summed E-state index contributed by atoms with van der Waals surface area (Å²) in [6, 6.07) is 6.68. The Kier molecular flexibility index (Phi) is 8.59. The normalized spacial score (nSPS) is 24.8. The Hall–Kier alpha value is -1.40. The molecule has 5 heteroatoms. The second-order valence-electron chi connectivity index (χ2n) is 12.4. The molecular weight excluding hydrogens is 578 g/mol. The molecule has 5 rings (SSSR count). The second kappa shape index (κ2) is 11.6. The van der Waals surface area contributed by atoms with E-state index in [4.69, 9.17) is 9.84 Å². The summed E-state index contributed by atoms with van der Waals surface area (Å²) < 4.78 is 29.0. The Balaban J connectivity index is 1.52. The molecule has 2 aromatic rings. The Bertz CT molecular complexity index is 1160. The SMILES string of the molecule is CCC[CH2][Sn]([CH2]CCC)([CH2]CCC)[C]1=C[C@@]2(CCCC3=Cc4c(cnn4-c4ccc(F)cc4)C[C@@]32C)OC1. The molecule has 2 aliphatic carbocycles. The summed E-state index contributed by atoms with van der Waals surface area (Å²) in [5, 5.41) is 4.76. The van der Waals surface area contributed by atoms with Gasteiger partial charge in [0.25, 0.3) is 0 Å². The van der Waals surface area contributed by atoms with Gasteiger partial charge in [0.1, 0.15) is 0 Å². The number of hydrogen-bond acceptors (Lipinski definition) is 2. The van der Waals surface area contributed by atoms with Gasteiger partial charge in [-0.2, -0.15) is 0 Å². The summed E-state index contributed by atoms with van der Waals surface area (Å²) in [6.45, 7) is 10.4. The van der Waals surface area contributed by atoms with Crippen LogP contribution in [0.15, 0.2) is 45.7 Å². The maximum atomic E-state index is 13.6. The van der Waals surface area contributed by atoms with Crippen LogP contribution >= 0.6 is 0 Å². The molecule has 0 unspecified atom stereocenters. The molecule has 2 atom stereocenters. The van der Waals surface area contributed by atoms with Gasteiger partial charge in [-0.15, -0.1) is 0 Å². The number of aromatic nitrogens is 2. The van der Waals surface area contributed by atoms with Crippen molar-refractivity contribution in [3.63, 3.8) is 0 Å².